The molecule has 0 spiro atoms. The zero-order valence-electron chi connectivity index (χ0n) is 11.7. The third kappa shape index (κ3) is 2.20. The summed E-state index contributed by atoms with van der Waals surface area (Å²) in [4.78, 5) is 36.3. The van der Waals surface area contributed by atoms with Crippen molar-refractivity contribution in [1.29, 1.82) is 0 Å². The number of nitro groups is 1. The van der Waals surface area contributed by atoms with Crippen LogP contribution < -0.4 is 4.90 Å². The van der Waals surface area contributed by atoms with Crippen LogP contribution in [0.3, 0.4) is 0 Å². The molecule has 3 atom stereocenters. The summed E-state index contributed by atoms with van der Waals surface area (Å²) in [6.07, 6.45) is 2.47. The van der Waals surface area contributed by atoms with Crippen LogP contribution in [0.15, 0.2) is 24.3 Å². The first kappa shape index (κ1) is 13.7. The Labute approximate surface area is 121 Å². The number of amides is 2. The van der Waals surface area contributed by atoms with Gasteiger partial charge in [0.05, 0.1) is 22.4 Å². The molecule has 1 saturated carbocycles. The van der Waals surface area contributed by atoms with E-state index in [2.05, 4.69) is 6.92 Å². The third-order valence-electron chi connectivity index (χ3n) is 4.51. The van der Waals surface area contributed by atoms with Gasteiger partial charge in [0.1, 0.15) is 0 Å². The lowest BCUT2D eigenvalue weighted by Crippen LogP contribution is -2.30. The fraction of sp³-hybridized carbons (Fsp3) is 0.467. The fourth-order valence-corrected chi connectivity index (χ4v) is 3.37. The van der Waals surface area contributed by atoms with Crippen LogP contribution in [0.5, 0.6) is 0 Å². The standard InChI is InChI=1S/C15H16N2O4/c1-9-2-7-12-13(8-9)15(19)16(14(12)18)10-3-5-11(6-4-10)17(20)21/h3-6,9,12-13H,2,7-8H2,1H3. The third-order valence-corrected chi connectivity index (χ3v) is 4.51. The molecule has 2 amide bonds. The minimum absolute atomic E-state index is 0.0520. The maximum Gasteiger partial charge on any atom is 0.269 e. The van der Waals surface area contributed by atoms with Crippen molar-refractivity contribution in [3.8, 4) is 0 Å². The summed E-state index contributed by atoms with van der Waals surface area (Å²) in [6, 6.07) is 5.57. The topological polar surface area (TPSA) is 80.5 Å². The Morgan fingerprint density at radius 1 is 1.10 bits per heavy atom. The molecule has 1 aliphatic carbocycles. The summed E-state index contributed by atoms with van der Waals surface area (Å²) in [6.45, 7) is 2.10. The van der Waals surface area contributed by atoms with Crippen molar-refractivity contribution in [2.75, 3.05) is 4.90 Å². The summed E-state index contributed by atoms with van der Waals surface area (Å²) in [5.41, 5.74) is 0.376. The monoisotopic (exact) mass is 288 g/mol. The van der Waals surface area contributed by atoms with Crippen LogP contribution in [0.2, 0.25) is 0 Å². The first-order chi connectivity index (χ1) is 9.99. The number of imide groups is 1. The maximum atomic E-state index is 12.5. The van der Waals surface area contributed by atoms with E-state index in [1.54, 1.807) is 0 Å². The zero-order chi connectivity index (χ0) is 15.1. The molecule has 3 unspecified atom stereocenters. The first-order valence-corrected chi connectivity index (χ1v) is 7.11. The van der Waals surface area contributed by atoms with E-state index in [1.165, 1.54) is 29.2 Å². The van der Waals surface area contributed by atoms with Gasteiger partial charge in [-0.2, -0.15) is 0 Å². The van der Waals surface area contributed by atoms with Gasteiger partial charge in [-0.1, -0.05) is 6.92 Å². The molecular weight excluding hydrogens is 272 g/mol. The molecule has 0 N–H and O–H groups in total. The van der Waals surface area contributed by atoms with Gasteiger partial charge < -0.3 is 0 Å². The Bertz CT molecular complexity index is 611. The highest BCUT2D eigenvalue weighted by Gasteiger charge is 2.49. The van der Waals surface area contributed by atoms with Gasteiger partial charge in [0, 0.05) is 12.1 Å². The van der Waals surface area contributed by atoms with Crippen molar-refractivity contribution >= 4 is 23.2 Å². The van der Waals surface area contributed by atoms with Crippen LogP contribution in [-0.4, -0.2) is 16.7 Å². The van der Waals surface area contributed by atoms with E-state index in [0.29, 0.717) is 11.6 Å². The Kier molecular flexibility index (Phi) is 3.23. The lowest BCUT2D eigenvalue weighted by atomic mass is 9.76. The smallest absolute Gasteiger partial charge is 0.269 e. The van der Waals surface area contributed by atoms with Crippen LogP contribution in [0, 0.1) is 27.9 Å². The highest BCUT2D eigenvalue weighted by Crippen LogP contribution is 2.42. The molecule has 0 aromatic heterocycles. The molecule has 0 bridgehead atoms. The predicted molar refractivity (Wildman–Crippen MR) is 75.6 cm³/mol. The molecule has 1 aliphatic heterocycles. The number of anilines is 1. The number of nitrogens with zero attached hydrogens (tertiary/aromatic N) is 2. The minimum Gasteiger partial charge on any atom is -0.274 e. The van der Waals surface area contributed by atoms with Crippen molar-refractivity contribution in [2.45, 2.75) is 26.2 Å². The number of nitro benzene ring substituents is 1. The number of benzene rings is 1. The normalized spacial score (nSPS) is 28.6. The average molecular weight is 288 g/mol. The number of hydrogen-bond acceptors (Lipinski definition) is 4. The van der Waals surface area contributed by atoms with Crippen LogP contribution >= 0.6 is 0 Å². The van der Waals surface area contributed by atoms with Crippen LogP contribution in [-0.2, 0) is 9.59 Å². The fourth-order valence-electron chi connectivity index (χ4n) is 3.37. The minimum atomic E-state index is -0.501. The number of fused-ring (bicyclic) bond motifs is 1. The van der Waals surface area contributed by atoms with Gasteiger partial charge in [0.2, 0.25) is 11.8 Å². The Morgan fingerprint density at radius 2 is 1.71 bits per heavy atom. The second kappa shape index (κ2) is 4.95. The van der Waals surface area contributed by atoms with Crippen molar-refractivity contribution in [1.82, 2.24) is 0 Å². The van der Waals surface area contributed by atoms with E-state index in [-0.39, 0.29) is 29.3 Å². The van der Waals surface area contributed by atoms with E-state index in [1.807, 2.05) is 0 Å². The van der Waals surface area contributed by atoms with Gasteiger partial charge in [-0.3, -0.25) is 24.6 Å². The maximum absolute atomic E-state index is 12.5. The summed E-state index contributed by atoms with van der Waals surface area (Å²) in [5.74, 6) is -0.309. The van der Waals surface area contributed by atoms with Gasteiger partial charge in [-0.05, 0) is 37.3 Å². The molecule has 2 fully saturated rings. The quantitative estimate of drug-likeness (QED) is 0.476. The lowest BCUT2D eigenvalue weighted by molar-refractivity contribution is -0.384. The van der Waals surface area contributed by atoms with Gasteiger partial charge in [-0.15, -0.1) is 0 Å². The predicted octanol–water partition coefficient (Wildman–Crippen LogP) is 2.52. The van der Waals surface area contributed by atoms with Crippen molar-refractivity contribution in [3.63, 3.8) is 0 Å². The molecule has 6 heteroatoms. The van der Waals surface area contributed by atoms with E-state index < -0.39 is 4.92 Å². The van der Waals surface area contributed by atoms with Gasteiger partial charge in [0.25, 0.3) is 5.69 Å². The SMILES string of the molecule is CC1CCC2C(=O)N(c3ccc([N+](=O)[O-])cc3)C(=O)C2C1. The summed E-state index contributed by atoms with van der Waals surface area (Å²) in [5, 5.41) is 10.7. The molecule has 110 valence electrons. The Hall–Kier alpha value is -2.24. The highest BCUT2D eigenvalue weighted by molar-refractivity contribution is 6.22. The van der Waals surface area contributed by atoms with Crippen molar-refractivity contribution in [3.05, 3.63) is 34.4 Å². The molecular formula is C15H16N2O4. The van der Waals surface area contributed by atoms with Crippen molar-refractivity contribution in [2.24, 2.45) is 17.8 Å². The molecule has 2 aliphatic rings. The molecule has 0 radical (unpaired) electrons. The number of hydrogen-bond donors (Lipinski definition) is 0. The van der Waals surface area contributed by atoms with Gasteiger partial charge in [-0.25, -0.2) is 0 Å². The van der Waals surface area contributed by atoms with E-state index in [4.69, 9.17) is 0 Å². The first-order valence-electron chi connectivity index (χ1n) is 7.11. The van der Waals surface area contributed by atoms with Crippen LogP contribution in [0.1, 0.15) is 26.2 Å². The lowest BCUT2D eigenvalue weighted by Gasteiger charge is -2.25. The van der Waals surface area contributed by atoms with E-state index in [9.17, 15) is 19.7 Å². The van der Waals surface area contributed by atoms with E-state index in [0.717, 1.165) is 19.3 Å². The average Bonchev–Trinajstić information content (AvgIpc) is 2.70. The van der Waals surface area contributed by atoms with Crippen LogP contribution in [0.25, 0.3) is 0 Å². The number of carbonyl (C=O) groups excluding carboxylic acids is 2. The zero-order valence-corrected chi connectivity index (χ0v) is 11.7. The van der Waals surface area contributed by atoms with Gasteiger partial charge >= 0.3 is 0 Å². The summed E-state index contributed by atoms with van der Waals surface area (Å²) >= 11 is 0. The molecule has 3 rings (SSSR count). The highest BCUT2D eigenvalue weighted by atomic mass is 16.6. The number of non-ortho nitro benzene ring substituents is 1. The molecule has 1 heterocycles. The summed E-state index contributed by atoms with van der Waals surface area (Å²) in [7, 11) is 0. The molecule has 1 saturated heterocycles. The Balaban J connectivity index is 1.90. The van der Waals surface area contributed by atoms with Gasteiger partial charge in [0.15, 0.2) is 0 Å². The van der Waals surface area contributed by atoms with E-state index >= 15 is 0 Å². The molecule has 21 heavy (non-hydrogen) atoms. The number of carbonyl (C=O) groups is 2. The molecule has 6 nitrogen and oxygen atoms in total. The largest absolute Gasteiger partial charge is 0.274 e. The van der Waals surface area contributed by atoms with Crippen LogP contribution in [0.4, 0.5) is 11.4 Å². The molecule has 1 aromatic carbocycles. The van der Waals surface area contributed by atoms with Crippen molar-refractivity contribution < 1.29 is 14.5 Å². The number of rotatable bonds is 2. The second-order valence-corrected chi connectivity index (χ2v) is 5.92. The Morgan fingerprint density at radius 3 is 2.33 bits per heavy atom. The summed E-state index contributed by atoms with van der Waals surface area (Å²) < 4.78 is 0. The molecule has 1 aromatic rings. The second-order valence-electron chi connectivity index (χ2n) is 5.92.